The zero-order valence-corrected chi connectivity index (χ0v) is 16.7. The van der Waals surface area contributed by atoms with Crippen LogP contribution < -0.4 is 9.44 Å². The van der Waals surface area contributed by atoms with Crippen LogP contribution in [0.2, 0.25) is 0 Å². The van der Waals surface area contributed by atoms with Crippen LogP contribution in [0.25, 0.3) is 0 Å². The predicted octanol–water partition coefficient (Wildman–Crippen LogP) is 2.72. The van der Waals surface area contributed by atoms with Gasteiger partial charge in [-0.1, -0.05) is 18.2 Å². The van der Waals surface area contributed by atoms with Crippen molar-refractivity contribution in [3.8, 4) is 0 Å². The minimum Gasteiger partial charge on any atom is -0.280 e. The summed E-state index contributed by atoms with van der Waals surface area (Å²) in [6.07, 6.45) is 1.39. The molecule has 0 radical (unpaired) electrons. The van der Waals surface area contributed by atoms with Gasteiger partial charge in [0.05, 0.1) is 10.6 Å². The fourth-order valence-electron chi connectivity index (χ4n) is 2.44. The molecule has 1 heterocycles. The van der Waals surface area contributed by atoms with Gasteiger partial charge in [0.25, 0.3) is 20.0 Å². The Hall–Kier alpha value is -1.91. The summed E-state index contributed by atoms with van der Waals surface area (Å²) in [5.41, 5.74) is 0.150. The Morgan fingerprint density at radius 3 is 2.38 bits per heavy atom. The highest BCUT2D eigenvalue weighted by Gasteiger charge is 2.21. The molecule has 3 rings (SSSR count). The Labute approximate surface area is 160 Å². The normalized spacial score (nSPS) is 14.7. The number of aliphatic imine (C=N–C) groups is 1. The maximum atomic E-state index is 12.5. The number of rotatable bonds is 5. The van der Waals surface area contributed by atoms with Crippen molar-refractivity contribution in [2.75, 3.05) is 11.3 Å². The van der Waals surface area contributed by atoms with Crippen LogP contribution in [0.3, 0.4) is 0 Å². The molecule has 0 fully saturated rings. The number of hydrogen-bond acceptors (Lipinski definition) is 5. The van der Waals surface area contributed by atoms with Gasteiger partial charge in [-0.15, -0.1) is 0 Å². The molecule has 1 aliphatic heterocycles. The standard InChI is InChI=1S/C16H16BrN3O4S2/c17-14-7-1-2-8-15(14)26(23,24)19-12-5-3-6-13(11-12)25(21,22)20-16-9-4-10-18-16/h1-3,5-8,11,19H,4,9-10H2,(H,18,20). The SMILES string of the molecule is O=S(=O)(NC1=NCCC1)c1cccc(NS(=O)(=O)c2ccccc2Br)c1. The van der Waals surface area contributed by atoms with Crippen LogP contribution in [0.1, 0.15) is 12.8 Å². The van der Waals surface area contributed by atoms with Crippen LogP contribution in [0, 0.1) is 0 Å². The molecule has 1 aliphatic rings. The molecule has 138 valence electrons. The summed E-state index contributed by atoms with van der Waals surface area (Å²) in [5.74, 6) is 0.421. The second-order valence-corrected chi connectivity index (χ2v) is 9.79. The molecule has 0 saturated carbocycles. The summed E-state index contributed by atoms with van der Waals surface area (Å²) in [7, 11) is -7.68. The van der Waals surface area contributed by atoms with Crippen LogP contribution in [-0.2, 0) is 20.0 Å². The summed E-state index contributed by atoms with van der Waals surface area (Å²) < 4.78 is 55.2. The number of nitrogens with zero attached hydrogens (tertiary/aromatic N) is 1. The molecule has 26 heavy (non-hydrogen) atoms. The zero-order valence-electron chi connectivity index (χ0n) is 13.5. The first kappa shape index (κ1) is 18.9. The van der Waals surface area contributed by atoms with Crippen LogP contribution in [-0.4, -0.2) is 29.2 Å². The third-order valence-corrected chi connectivity index (χ3v) is 7.42. The number of anilines is 1. The maximum Gasteiger partial charge on any atom is 0.263 e. The lowest BCUT2D eigenvalue weighted by atomic mass is 10.3. The van der Waals surface area contributed by atoms with Crippen LogP contribution in [0.4, 0.5) is 5.69 Å². The molecule has 10 heteroatoms. The quantitative estimate of drug-likeness (QED) is 0.719. The van der Waals surface area contributed by atoms with E-state index in [2.05, 4.69) is 30.4 Å². The number of sulfonamides is 2. The molecule has 2 N–H and O–H groups in total. The van der Waals surface area contributed by atoms with Crippen molar-refractivity contribution in [3.63, 3.8) is 0 Å². The molecule has 0 spiro atoms. The van der Waals surface area contributed by atoms with E-state index in [1.165, 1.54) is 30.3 Å². The smallest absolute Gasteiger partial charge is 0.263 e. The first-order valence-corrected chi connectivity index (χ1v) is 11.5. The van der Waals surface area contributed by atoms with Gasteiger partial charge in [-0.3, -0.25) is 14.4 Å². The minimum absolute atomic E-state index is 0.0422. The predicted molar refractivity (Wildman–Crippen MR) is 103 cm³/mol. The molecule has 0 aliphatic carbocycles. The highest BCUT2D eigenvalue weighted by Crippen LogP contribution is 2.25. The first-order valence-electron chi connectivity index (χ1n) is 7.71. The molecular weight excluding hydrogens is 442 g/mol. The van der Waals surface area contributed by atoms with Gasteiger partial charge in [0.2, 0.25) is 0 Å². The fraction of sp³-hybridized carbons (Fsp3) is 0.188. The Bertz CT molecular complexity index is 1070. The van der Waals surface area contributed by atoms with Gasteiger partial charge in [-0.2, -0.15) is 0 Å². The molecule has 0 atom stereocenters. The summed E-state index contributed by atoms with van der Waals surface area (Å²) in [5, 5.41) is 0. The lowest BCUT2D eigenvalue weighted by molar-refractivity contribution is 0.591. The Balaban J connectivity index is 1.87. The van der Waals surface area contributed by atoms with E-state index in [-0.39, 0.29) is 15.5 Å². The van der Waals surface area contributed by atoms with E-state index in [1.54, 1.807) is 18.2 Å². The van der Waals surface area contributed by atoms with E-state index in [0.29, 0.717) is 23.3 Å². The molecule has 0 saturated heterocycles. The van der Waals surface area contributed by atoms with E-state index in [1.807, 2.05) is 0 Å². The van der Waals surface area contributed by atoms with Gasteiger partial charge in [0.15, 0.2) is 0 Å². The zero-order chi connectivity index (χ0) is 18.8. The van der Waals surface area contributed by atoms with Crippen molar-refractivity contribution in [2.45, 2.75) is 22.6 Å². The largest absolute Gasteiger partial charge is 0.280 e. The maximum absolute atomic E-state index is 12.5. The Morgan fingerprint density at radius 1 is 0.923 bits per heavy atom. The summed E-state index contributed by atoms with van der Waals surface area (Å²) in [6, 6.07) is 12.0. The average Bonchev–Trinajstić information content (AvgIpc) is 3.07. The second-order valence-electron chi connectivity index (χ2n) is 5.60. The van der Waals surface area contributed by atoms with Crippen molar-refractivity contribution in [3.05, 3.63) is 53.0 Å². The molecule has 0 bridgehead atoms. The number of benzene rings is 2. The molecule has 7 nitrogen and oxygen atoms in total. The third kappa shape index (κ3) is 4.25. The summed E-state index contributed by atoms with van der Waals surface area (Å²) in [4.78, 5) is 4.11. The van der Waals surface area contributed by atoms with Crippen molar-refractivity contribution in [1.29, 1.82) is 0 Å². The van der Waals surface area contributed by atoms with Crippen molar-refractivity contribution in [1.82, 2.24) is 4.72 Å². The molecule has 0 amide bonds. The lowest BCUT2D eigenvalue weighted by Crippen LogP contribution is -2.29. The van der Waals surface area contributed by atoms with E-state index in [0.717, 1.165) is 6.42 Å². The van der Waals surface area contributed by atoms with Crippen molar-refractivity contribution in [2.24, 2.45) is 4.99 Å². The van der Waals surface area contributed by atoms with Gasteiger partial charge < -0.3 is 0 Å². The number of halogens is 1. The van der Waals surface area contributed by atoms with Crippen molar-refractivity contribution >= 4 is 47.5 Å². The summed E-state index contributed by atoms with van der Waals surface area (Å²) >= 11 is 3.20. The van der Waals surface area contributed by atoms with E-state index in [4.69, 9.17) is 0 Å². The van der Waals surface area contributed by atoms with Gasteiger partial charge >= 0.3 is 0 Å². The van der Waals surface area contributed by atoms with Gasteiger partial charge in [-0.05, 0) is 52.7 Å². The third-order valence-electron chi connectivity index (χ3n) is 3.65. The fourth-order valence-corrected chi connectivity index (χ4v) is 5.62. The molecule has 2 aromatic rings. The average molecular weight is 458 g/mol. The lowest BCUT2D eigenvalue weighted by Gasteiger charge is -2.12. The number of nitrogens with one attached hydrogen (secondary N) is 2. The summed E-state index contributed by atoms with van der Waals surface area (Å²) in [6.45, 7) is 0.601. The highest BCUT2D eigenvalue weighted by molar-refractivity contribution is 9.10. The van der Waals surface area contributed by atoms with Crippen molar-refractivity contribution < 1.29 is 16.8 Å². The topological polar surface area (TPSA) is 105 Å². The second kappa shape index (κ2) is 7.37. The highest BCUT2D eigenvalue weighted by atomic mass is 79.9. The molecule has 0 aromatic heterocycles. The van der Waals surface area contributed by atoms with Gasteiger partial charge in [0, 0.05) is 17.4 Å². The molecule has 0 unspecified atom stereocenters. The number of amidine groups is 1. The molecular formula is C16H16BrN3O4S2. The van der Waals surface area contributed by atoms with Crippen LogP contribution >= 0.6 is 15.9 Å². The van der Waals surface area contributed by atoms with Gasteiger partial charge in [-0.25, -0.2) is 16.8 Å². The minimum atomic E-state index is -3.86. The Morgan fingerprint density at radius 2 is 1.69 bits per heavy atom. The van der Waals surface area contributed by atoms with Gasteiger partial charge in [0.1, 0.15) is 10.7 Å². The van der Waals surface area contributed by atoms with Crippen LogP contribution in [0.15, 0.2) is 67.8 Å². The Kier molecular flexibility index (Phi) is 5.35. The van der Waals surface area contributed by atoms with E-state index >= 15 is 0 Å². The first-order chi connectivity index (χ1) is 12.3. The van der Waals surface area contributed by atoms with E-state index < -0.39 is 20.0 Å². The van der Waals surface area contributed by atoms with E-state index in [9.17, 15) is 16.8 Å². The number of hydrogen-bond donors (Lipinski definition) is 2. The van der Waals surface area contributed by atoms with Crippen LogP contribution in [0.5, 0.6) is 0 Å². The monoisotopic (exact) mass is 457 g/mol. The molecule has 2 aromatic carbocycles.